The first-order chi connectivity index (χ1) is 16.3. The summed E-state index contributed by atoms with van der Waals surface area (Å²) in [7, 11) is 1.52. The number of halogens is 3. The number of benzene rings is 2. The Bertz CT molecular complexity index is 1260. The number of nitrogens with zero attached hydrogens (tertiary/aromatic N) is 4. The van der Waals surface area contributed by atoms with Crippen molar-refractivity contribution in [1.82, 2.24) is 19.7 Å². The van der Waals surface area contributed by atoms with Gasteiger partial charge in [0.05, 0.1) is 31.9 Å². The fourth-order valence-electron chi connectivity index (χ4n) is 3.60. The van der Waals surface area contributed by atoms with E-state index in [1.54, 1.807) is 4.68 Å². The maximum absolute atomic E-state index is 13.0. The molecule has 0 aliphatic rings. The van der Waals surface area contributed by atoms with E-state index in [2.05, 4.69) is 9.97 Å². The SMILES string of the molecule is COc1nc(SC)nc2c1c(COCc1ccccc1)nn2[C@@H](C)c1ccc(C(F)(F)F)cc1. The van der Waals surface area contributed by atoms with Crippen LogP contribution in [0.5, 0.6) is 5.88 Å². The second-order valence-electron chi connectivity index (χ2n) is 7.58. The molecule has 0 aliphatic carbocycles. The number of hydrogen-bond donors (Lipinski definition) is 0. The van der Waals surface area contributed by atoms with E-state index in [1.165, 1.54) is 31.0 Å². The molecular formula is C24H23F3N4O2S. The lowest BCUT2D eigenvalue weighted by Gasteiger charge is -2.15. The number of hydrogen-bond acceptors (Lipinski definition) is 6. The molecule has 2 aromatic heterocycles. The number of thioether (sulfide) groups is 1. The molecule has 0 radical (unpaired) electrons. The highest BCUT2D eigenvalue weighted by atomic mass is 32.2. The third-order valence-electron chi connectivity index (χ3n) is 5.38. The third-order valence-corrected chi connectivity index (χ3v) is 5.93. The van der Waals surface area contributed by atoms with Gasteiger partial charge in [0.1, 0.15) is 11.1 Å². The lowest BCUT2D eigenvalue weighted by atomic mass is 10.1. The monoisotopic (exact) mass is 488 g/mol. The van der Waals surface area contributed by atoms with Crippen molar-refractivity contribution in [3.63, 3.8) is 0 Å². The van der Waals surface area contributed by atoms with E-state index in [9.17, 15) is 13.2 Å². The van der Waals surface area contributed by atoms with Crippen LogP contribution in [0.25, 0.3) is 11.0 Å². The molecule has 10 heteroatoms. The smallest absolute Gasteiger partial charge is 0.416 e. The van der Waals surface area contributed by atoms with E-state index >= 15 is 0 Å². The van der Waals surface area contributed by atoms with Crippen molar-refractivity contribution in [3.05, 3.63) is 77.0 Å². The molecule has 2 aromatic carbocycles. The normalized spacial score (nSPS) is 12.8. The zero-order valence-corrected chi connectivity index (χ0v) is 19.7. The number of methoxy groups -OCH3 is 1. The summed E-state index contributed by atoms with van der Waals surface area (Å²) in [6, 6.07) is 14.4. The van der Waals surface area contributed by atoms with Crippen LogP contribution in [0.4, 0.5) is 13.2 Å². The third kappa shape index (κ3) is 5.02. The maximum Gasteiger partial charge on any atom is 0.416 e. The van der Waals surface area contributed by atoms with Crippen LogP contribution in [-0.2, 0) is 24.1 Å². The summed E-state index contributed by atoms with van der Waals surface area (Å²) in [6.45, 7) is 2.45. The van der Waals surface area contributed by atoms with E-state index in [-0.39, 0.29) is 12.6 Å². The van der Waals surface area contributed by atoms with Crippen molar-refractivity contribution in [3.8, 4) is 5.88 Å². The summed E-state index contributed by atoms with van der Waals surface area (Å²) in [5.74, 6) is 0.374. The number of aromatic nitrogens is 4. The summed E-state index contributed by atoms with van der Waals surface area (Å²) in [5, 5.41) is 5.85. The Morgan fingerprint density at radius 1 is 1.00 bits per heavy atom. The van der Waals surface area contributed by atoms with E-state index in [0.29, 0.717) is 39.9 Å². The zero-order valence-electron chi connectivity index (χ0n) is 18.8. The quantitative estimate of drug-likeness (QED) is 0.227. The van der Waals surface area contributed by atoms with E-state index in [4.69, 9.17) is 14.6 Å². The summed E-state index contributed by atoms with van der Waals surface area (Å²) in [4.78, 5) is 9.07. The van der Waals surface area contributed by atoms with E-state index < -0.39 is 11.7 Å². The van der Waals surface area contributed by atoms with Crippen LogP contribution in [0, 0.1) is 0 Å². The van der Waals surface area contributed by atoms with E-state index in [0.717, 1.165) is 17.7 Å². The van der Waals surface area contributed by atoms with Gasteiger partial charge in [0.15, 0.2) is 10.8 Å². The minimum absolute atomic E-state index is 0.191. The van der Waals surface area contributed by atoms with Crippen molar-refractivity contribution in [2.75, 3.05) is 13.4 Å². The molecule has 0 amide bonds. The molecule has 2 heterocycles. The molecule has 6 nitrogen and oxygen atoms in total. The zero-order chi connectivity index (χ0) is 24.3. The number of fused-ring (bicyclic) bond motifs is 1. The van der Waals surface area contributed by atoms with Gasteiger partial charge in [-0.1, -0.05) is 54.2 Å². The molecule has 0 unspecified atom stereocenters. The number of ether oxygens (including phenoxy) is 2. The van der Waals surface area contributed by atoms with Gasteiger partial charge in [0.25, 0.3) is 0 Å². The largest absolute Gasteiger partial charge is 0.480 e. The van der Waals surface area contributed by atoms with Crippen molar-refractivity contribution < 1.29 is 22.6 Å². The van der Waals surface area contributed by atoms with Gasteiger partial charge in [-0.15, -0.1) is 0 Å². The van der Waals surface area contributed by atoms with Crippen LogP contribution >= 0.6 is 11.8 Å². The summed E-state index contributed by atoms with van der Waals surface area (Å²) < 4.78 is 52.1. The van der Waals surface area contributed by atoms with Gasteiger partial charge in [-0.2, -0.15) is 23.3 Å². The Labute approximate surface area is 199 Å². The van der Waals surface area contributed by atoms with Crippen LogP contribution < -0.4 is 4.74 Å². The van der Waals surface area contributed by atoms with Gasteiger partial charge < -0.3 is 9.47 Å². The van der Waals surface area contributed by atoms with Crippen LogP contribution in [0.3, 0.4) is 0 Å². The topological polar surface area (TPSA) is 62.1 Å². The molecule has 0 N–H and O–H groups in total. The summed E-state index contributed by atoms with van der Waals surface area (Å²) in [5.41, 5.74) is 2.11. The number of rotatable bonds is 8. The van der Waals surface area contributed by atoms with Crippen molar-refractivity contribution in [2.24, 2.45) is 0 Å². The molecule has 0 aliphatic heterocycles. The predicted octanol–water partition coefficient (Wildman–Crippen LogP) is 5.90. The van der Waals surface area contributed by atoms with Gasteiger partial charge in [0, 0.05) is 0 Å². The average molecular weight is 489 g/mol. The first kappa shape index (κ1) is 24.0. The molecule has 178 valence electrons. The van der Waals surface area contributed by atoms with E-state index in [1.807, 2.05) is 43.5 Å². The van der Waals surface area contributed by atoms with Crippen LogP contribution in [-0.4, -0.2) is 33.1 Å². The maximum atomic E-state index is 13.0. The summed E-state index contributed by atoms with van der Waals surface area (Å²) in [6.07, 6.45) is -2.54. The first-order valence-electron chi connectivity index (χ1n) is 10.5. The average Bonchev–Trinajstić information content (AvgIpc) is 3.21. The van der Waals surface area contributed by atoms with Crippen LogP contribution in [0.1, 0.15) is 35.3 Å². The Morgan fingerprint density at radius 3 is 2.32 bits per heavy atom. The van der Waals surface area contributed by atoms with Gasteiger partial charge in [-0.3, -0.25) is 0 Å². The van der Waals surface area contributed by atoms with Crippen LogP contribution in [0.2, 0.25) is 0 Å². The molecule has 0 bridgehead atoms. The van der Waals surface area contributed by atoms with Gasteiger partial charge in [0.2, 0.25) is 5.88 Å². The second-order valence-corrected chi connectivity index (χ2v) is 8.36. The first-order valence-corrected chi connectivity index (χ1v) is 11.7. The molecule has 0 fully saturated rings. The molecule has 0 saturated heterocycles. The molecule has 4 aromatic rings. The van der Waals surface area contributed by atoms with Crippen molar-refractivity contribution in [1.29, 1.82) is 0 Å². The second kappa shape index (κ2) is 10.0. The standard InChI is InChI=1S/C24H23F3N4O2S/c1-15(17-9-11-18(12-10-17)24(25,26)27)31-21-20(22(32-2)29-23(28-21)34-3)19(30-31)14-33-13-16-7-5-4-6-8-16/h4-12,15H,13-14H2,1-3H3/t15-/m0/s1. The van der Waals surface area contributed by atoms with Crippen molar-refractivity contribution >= 4 is 22.8 Å². The lowest BCUT2D eigenvalue weighted by Crippen LogP contribution is -2.11. The van der Waals surface area contributed by atoms with Gasteiger partial charge in [-0.25, -0.2) is 9.67 Å². The van der Waals surface area contributed by atoms with Gasteiger partial charge in [-0.05, 0) is 36.4 Å². The molecular weight excluding hydrogens is 465 g/mol. The Balaban J connectivity index is 1.71. The Hall–Kier alpha value is -3.11. The van der Waals surface area contributed by atoms with Crippen LogP contribution in [0.15, 0.2) is 59.8 Å². The van der Waals surface area contributed by atoms with Crippen molar-refractivity contribution in [2.45, 2.75) is 37.5 Å². The molecule has 4 rings (SSSR count). The molecule has 34 heavy (non-hydrogen) atoms. The fraction of sp³-hybridized carbons (Fsp3) is 0.292. The summed E-state index contributed by atoms with van der Waals surface area (Å²) >= 11 is 1.36. The minimum Gasteiger partial charge on any atom is -0.480 e. The fourth-order valence-corrected chi connectivity index (χ4v) is 3.95. The van der Waals surface area contributed by atoms with Gasteiger partial charge >= 0.3 is 6.18 Å². The highest BCUT2D eigenvalue weighted by Gasteiger charge is 2.30. The lowest BCUT2D eigenvalue weighted by molar-refractivity contribution is -0.137. The predicted molar refractivity (Wildman–Crippen MR) is 124 cm³/mol. The molecule has 0 saturated carbocycles. The molecule has 1 atom stereocenters. The minimum atomic E-state index is -4.39. The Kier molecular flexibility index (Phi) is 7.08. The number of alkyl halides is 3. The Morgan fingerprint density at radius 2 is 1.71 bits per heavy atom. The molecule has 0 spiro atoms. The highest BCUT2D eigenvalue weighted by Crippen LogP contribution is 2.34. The highest BCUT2D eigenvalue weighted by molar-refractivity contribution is 7.98.